The van der Waals surface area contributed by atoms with E-state index in [1.807, 2.05) is 6.92 Å². The molecular formula is C9H8N4O3. The molecule has 2 aromatic heterocycles. The molecule has 0 amide bonds. The van der Waals surface area contributed by atoms with Gasteiger partial charge < -0.3 is 5.11 Å². The van der Waals surface area contributed by atoms with Crippen molar-refractivity contribution in [3.63, 3.8) is 0 Å². The van der Waals surface area contributed by atoms with Gasteiger partial charge >= 0.3 is 5.97 Å². The van der Waals surface area contributed by atoms with Gasteiger partial charge in [-0.1, -0.05) is 0 Å². The van der Waals surface area contributed by atoms with E-state index in [9.17, 15) is 9.59 Å². The number of nitrogens with one attached hydrogen (secondary N) is 1. The van der Waals surface area contributed by atoms with E-state index in [2.05, 4.69) is 15.1 Å². The van der Waals surface area contributed by atoms with Gasteiger partial charge in [0, 0.05) is 6.20 Å². The number of carboxylic acids is 1. The van der Waals surface area contributed by atoms with Crippen molar-refractivity contribution in [3.8, 4) is 5.95 Å². The number of aromatic amines is 1. The molecule has 7 heteroatoms. The molecule has 0 aliphatic rings. The molecule has 0 aliphatic carbocycles. The zero-order valence-corrected chi connectivity index (χ0v) is 8.34. The Morgan fingerprint density at radius 1 is 1.50 bits per heavy atom. The van der Waals surface area contributed by atoms with Crippen LogP contribution < -0.4 is 5.56 Å². The molecule has 2 rings (SSSR count). The van der Waals surface area contributed by atoms with Gasteiger partial charge in [-0.3, -0.25) is 9.78 Å². The van der Waals surface area contributed by atoms with E-state index >= 15 is 0 Å². The second kappa shape index (κ2) is 3.61. The van der Waals surface area contributed by atoms with Crippen molar-refractivity contribution in [2.45, 2.75) is 6.92 Å². The summed E-state index contributed by atoms with van der Waals surface area (Å²) in [6, 6.07) is 0. The number of aromatic carboxylic acids is 1. The number of rotatable bonds is 2. The predicted octanol–water partition coefficient (Wildman–Crippen LogP) is -0.0378. The lowest BCUT2D eigenvalue weighted by Crippen LogP contribution is -2.20. The predicted molar refractivity (Wildman–Crippen MR) is 53.7 cm³/mol. The van der Waals surface area contributed by atoms with Crippen molar-refractivity contribution >= 4 is 5.97 Å². The van der Waals surface area contributed by atoms with Crippen LogP contribution in [0.2, 0.25) is 0 Å². The summed E-state index contributed by atoms with van der Waals surface area (Å²) in [5.74, 6) is -1.12. The normalized spacial score (nSPS) is 10.3. The molecule has 0 unspecified atom stereocenters. The highest BCUT2D eigenvalue weighted by atomic mass is 16.4. The summed E-state index contributed by atoms with van der Waals surface area (Å²) in [5, 5.41) is 12.6. The second-order valence-electron chi connectivity index (χ2n) is 3.22. The third-order valence-corrected chi connectivity index (χ3v) is 1.94. The van der Waals surface area contributed by atoms with Crippen LogP contribution in [-0.2, 0) is 0 Å². The fourth-order valence-corrected chi connectivity index (χ4v) is 1.18. The standard InChI is InChI=1S/C9H8N4O3/c1-5-2-11-13(4-5)9-10-3-6(8(15)16)7(14)12-9/h2-4H,1H3,(H,15,16)(H,10,12,14). The molecule has 0 saturated carbocycles. The Kier molecular flexibility index (Phi) is 2.28. The average molecular weight is 220 g/mol. The number of nitrogens with zero attached hydrogens (tertiary/aromatic N) is 3. The fourth-order valence-electron chi connectivity index (χ4n) is 1.18. The molecule has 2 N–H and O–H groups in total. The Hall–Kier alpha value is -2.44. The topological polar surface area (TPSA) is 101 Å². The van der Waals surface area contributed by atoms with Crippen molar-refractivity contribution in [3.05, 3.63) is 40.1 Å². The van der Waals surface area contributed by atoms with Crippen molar-refractivity contribution < 1.29 is 9.90 Å². The summed E-state index contributed by atoms with van der Waals surface area (Å²) in [5.41, 5.74) is -0.191. The Morgan fingerprint density at radius 3 is 2.75 bits per heavy atom. The van der Waals surface area contributed by atoms with Crippen LogP contribution in [0.4, 0.5) is 0 Å². The van der Waals surface area contributed by atoms with Gasteiger partial charge in [-0.2, -0.15) is 5.10 Å². The number of carbonyl (C=O) groups is 1. The highest BCUT2D eigenvalue weighted by Gasteiger charge is 2.10. The third-order valence-electron chi connectivity index (χ3n) is 1.94. The minimum Gasteiger partial charge on any atom is -0.477 e. The molecule has 0 saturated heterocycles. The van der Waals surface area contributed by atoms with Gasteiger partial charge in [-0.15, -0.1) is 0 Å². The van der Waals surface area contributed by atoms with E-state index in [0.29, 0.717) is 0 Å². The molecule has 0 atom stereocenters. The maximum Gasteiger partial charge on any atom is 0.342 e. The fraction of sp³-hybridized carbons (Fsp3) is 0.111. The van der Waals surface area contributed by atoms with Crippen LogP contribution in [-0.4, -0.2) is 30.8 Å². The second-order valence-corrected chi connectivity index (χ2v) is 3.22. The lowest BCUT2D eigenvalue weighted by molar-refractivity contribution is 0.0694. The van der Waals surface area contributed by atoms with Crippen molar-refractivity contribution in [2.75, 3.05) is 0 Å². The summed E-state index contributed by atoms with van der Waals surface area (Å²) in [4.78, 5) is 28.1. The van der Waals surface area contributed by atoms with Crippen LogP contribution >= 0.6 is 0 Å². The molecule has 0 aromatic carbocycles. The highest BCUT2D eigenvalue weighted by molar-refractivity contribution is 5.86. The van der Waals surface area contributed by atoms with E-state index in [1.54, 1.807) is 12.4 Å². The van der Waals surface area contributed by atoms with Crippen LogP contribution in [0.5, 0.6) is 0 Å². The molecule has 7 nitrogen and oxygen atoms in total. The molecule has 2 aromatic rings. The van der Waals surface area contributed by atoms with E-state index in [-0.39, 0.29) is 5.95 Å². The van der Waals surface area contributed by atoms with Gasteiger partial charge in [0.25, 0.3) is 5.56 Å². The van der Waals surface area contributed by atoms with Gasteiger partial charge in [-0.05, 0) is 12.5 Å². The van der Waals surface area contributed by atoms with E-state index in [0.717, 1.165) is 11.8 Å². The van der Waals surface area contributed by atoms with Crippen LogP contribution in [0.3, 0.4) is 0 Å². The third kappa shape index (κ3) is 1.70. The Morgan fingerprint density at radius 2 is 2.25 bits per heavy atom. The minimum atomic E-state index is -1.31. The van der Waals surface area contributed by atoms with Gasteiger partial charge in [0.1, 0.15) is 5.56 Å². The number of aryl methyl sites for hydroxylation is 1. The Balaban J connectivity index is 2.50. The monoisotopic (exact) mass is 220 g/mol. The Bertz CT molecular complexity index is 599. The average Bonchev–Trinajstić information content (AvgIpc) is 2.64. The smallest absolute Gasteiger partial charge is 0.342 e. The highest BCUT2D eigenvalue weighted by Crippen LogP contribution is 2.00. The maximum absolute atomic E-state index is 11.3. The molecule has 16 heavy (non-hydrogen) atoms. The van der Waals surface area contributed by atoms with Crippen LogP contribution in [0.1, 0.15) is 15.9 Å². The van der Waals surface area contributed by atoms with Crippen LogP contribution in [0.25, 0.3) is 5.95 Å². The number of carboxylic acid groups (broad SMARTS) is 1. The molecule has 82 valence electrons. The number of H-pyrrole nitrogens is 1. The molecule has 0 radical (unpaired) electrons. The Labute approximate surface area is 89.4 Å². The number of hydrogen-bond acceptors (Lipinski definition) is 4. The van der Waals surface area contributed by atoms with Gasteiger partial charge in [0.15, 0.2) is 0 Å². The van der Waals surface area contributed by atoms with Crippen molar-refractivity contribution in [2.24, 2.45) is 0 Å². The molecule has 0 fully saturated rings. The first kappa shape index (κ1) is 10.1. The first-order valence-corrected chi connectivity index (χ1v) is 4.42. The summed E-state index contributed by atoms with van der Waals surface area (Å²) < 4.78 is 1.36. The molecule has 2 heterocycles. The summed E-state index contributed by atoms with van der Waals surface area (Å²) in [6.07, 6.45) is 4.28. The molecule has 0 bridgehead atoms. The lowest BCUT2D eigenvalue weighted by atomic mass is 10.3. The van der Waals surface area contributed by atoms with Gasteiger partial charge in [0.2, 0.25) is 5.95 Å². The number of hydrogen-bond donors (Lipinski definition) is 2. The molecular weight excluding hydrogens is 212 g/mol. The summed E-state index contributed by atoms with van der Waals surface area (Å²) >= 11 is 0. The van der Waals surface area contributed by atoms with Gasteiger partial charge in [-0.25, -0.2) is 14.5 Å². The molecule has 0 aliphatic heterocycles. The zero-order valence-electron chi connectivity index (χ0n) is 8.34. The number of aromatic nitrogens is 4. The SMILES string of the molecule is Cc1cnn(-c2ncc(C(=O)O)c(=O)[nH]2)c1. The molecule has 0 spiro atoms. The largest absolute Gasteiger partial charge is 0.477 e. The lowest BCUT2D eigenvalue weighted by Gasteiger charge is -1.99. The van der Waals surface area contributed by atoms with Crippen molar-refractivity contribution in [1.82, 2.24) is 19.7 Å². The zero-order chi connectivity index (χ0) is 11.7. The minimum absolute atomic E-state index is 0.183. The maximum atomic E-state index is 11.3. The van der Waals surface area contributed by atoms with E-state index in [1.165, 1.54) is 4.68 Å². The van der Waals surface area contributed by atoms with E-state index in [4.69, 9.17) is 5.11 Å². The van der Waals surface area contributed by atoms with Crippen LogP contribution in [0.15, 0.2) is 23.4 Å². The summed E-state index contributed by atoms with van der Waals surface area (Å²) in [7, 11) is 0. The van der Waals surface area contributed by atoms with Crippen molar-refractivity contribution in [1.29, 1.82) is 0 Å². The van der Waals surface area contributed by atoms with Gasteiger partial charge in [0.05, 0.1) is 12.4 Å². The van der Waals surface area contributed by atoms with E-state index < -0.39 is 17.1 Å². The summed E-state index contributed by atoms with van der Waals surface area (Å²) in [6.45, 7) is 1.84. The first-order valence-electron chi connectivity index (χ1n) is 4.42. The van der Waals surface area contributed by atoms with Crippen LogP contribution in [0, 0.1) is 6.92 Å². The quantitative estimate of drug-likeness (QED) is 0.739. The first-order chi connectivity index (χ1) is 7.58.